The van der Waals surface area contributed by atoms with E-state index in [9.17, 15) is 0 Å². The molecule has 6 heteroatoms. The average Bonchev–Trinajstić information content (AvgIpc) is 2.39. The number of methoxy groups -OCH3 is 1. The molecule has 2 aromatic rings. The van der Waals surface area contributed by atoms with Crippen molar-refractivity contribution in [2.45, 2.75) is 19.6 Å². The molecule has 0 aromatic carbocycles. The molecule has 1 unspecified atom stereocenters. The zero-order valence-electron chi connectivity index (χ0n) is 10.8. The first-order valence-corrected chi connectivity index (χ1v) is 6.25. The summed E-state index contributed by atoms with van der Waals surface area (Å²) >= 11 is 5.96. The number of ether oxygens (including phenoxy) is 1. The van der Waals surface area contributed by atoms with Gasteiger partial charge in [-0.3, -0.25) is 4.98 Å². The molecule has 2 aromatic heterocycles. The van der Waals surface area contributed by atoms with E-state index in [0.29, 0.717) is 23.4 Å². The lowest BCUT2D eigenvalue weighted by atomic mass is 10.1. The van der Waals surface area contributed by atoms with Crippen molar-refractivity contribution in [1.82, 2.24) is 15.0 Å². The van der Waals surface area contributed by atoms with Gasteiger partial charge in [0, 0.05) is 25.6 Å². The Bertz CT molecular complexity index is 535. The lowest BCUT2D eigenvalue weighted by molar-refractivity contribution is 0.178. The van der Waals surface area contributed by atoms with Crippen molar-refractivity contribution in [2.75, 3.05) is 12.4 Å². The summed E-state index contributed by atoms with van der Waals surface area (Å²) in [6.07, 6.45) is 3.56. The Morgan fingerprint density at radius 1 is 1.42 bits per heavy atom. The van der Waals surface area contributed by atoms with Crippen LogP contribution in [0.2, 0.25) is 5.15 Å². The molecule has 0 radical (unpaired) electrons. The van der Waals surface area contributed by atoms with E-state index in [1.165, 1.54) is 0 Å². The fourth-order valence-electron chi connectivity index (χ4n) is 1.67. The Kier molecular flexibility index (Phi) is 4.65. The highest BCUT2D eigenvalue weighted by Crippen LogP contribution is 2.19. The Balaban J connectivity index is 2.14. The summed E-state index contributed by atoms with van der Waals surface area (Å²) in [6.45, 7) is 2.36. The fourth-order valence-corrected chi connectivity index (χ4v) is 1.87. The molecular formula is C13H15ClN4O. The molecule has 0 aliphatic rings. The van der Waals surface area contributed by atoms with E-state index in [1.54, 1.807) is 19.4 Å². The van der Waals surface area contributed by atoms with E-state index >= 15 is 0 Å². The third-order valence-corrected chi connectivity index (χ3v) is 2.76. The van der Waals surface area contributed by atoms with Crippen LogP contribution in [0, 0.1) is 0 Å². The lowest BCUT2D eigenvalue weighted by Crippen LogP contribution is -2.10. The third kappa shape index (κ3) is 3.87. The number of rotatable bonds is 5. The molecule has 0 saturated carbocycles. The SMILES string of the molecule is COCc1nc(Cl)cc(NC(C)c2cccnc2)n1. The zero-order chi connectivity index (χ0) is 13.7. The highest BCUT2D eigenvalue weighted by Gasteiger charge is 2.08. The number of nitrogens with zero attached hydrogens (tertiary/aromatic N) is 3. The smallest absolute Gasteiger partial charge is 0.158 e. The first-order chi connectivity index (χ1) is 9.19. The van der Waals surface area contributed by atoms with Crippen LogP contribution in [0.3, 0.4) is 0 Å². The van der Waals surface area contributed by atoms with Gasteiger partial charge in [0.25, 0.3) is 0 Å². The summed E-state index contributed by atoms with van der Waals surface area (Å²) in [5, 5.41) is 3.66. The normalized spacial score (nSPS) is 12.2. The molecule has 5 nitrogen and oxygen atoms in total. The summed E-state index contributed by atoms with van der Waals surface area (Å²) in [4.78, 5) is 12.5. The molecule has 0 bridgehead atoms. The third-order valence-electron chi connectivity index (χ3n) is 2.56. The van der Waals surface area contributed by atoms with Crippen molar-refractivity contribution in [3.05, 3.63) is 47.1 Å². The van der Waals surface area contributed by atoms with Crippen molar-refractivity contribution in [1.29, 1.82) is 0 Å². The molecule has 2 heterocycles. The van der Waals surface area contributed by atoms with Crippen molar-refractivity contribution in [3.8, 4) is 0 Å². The molecule has 1 N–H and O–H groups in total. The van der Waals surface area contributed by atoms with Crippen LogP contribution in [0.4, 0.5) is 5.82 Å². The predicted molar refractivity (Wildman–Crippen MR) is 74.0 cm³/mol. The van der Waals surface area contributed by atoms with E-state index in [2.05, 4.69) is 20.3 Å². The Labute approximate surface area is 117 Å². The van der Waals surface area contributed by atoms with Gasteiger partial charge in [-0.2, -0.15) is 0 Å². The molecule has 0 aliphatic heterocycles. The molecule has 2 rings (SSSR count). The molecule has 0 aliphatic carbocycles. The maximum absolute atomic E-state index is 5.96. The van der Waals surface area contributed by atoms with Crippen LogP contribution in [0.1, 0.15) is 24.4 Å². The first kappa shape index (κ1) is 13.7. The van der Waals surface area contributed by atoms with Crippen LogP contribution in [0.5, 0.6) is 0 Å². The van der Waals surface area contributed by atoms with E-state index in [-0.39, 0.29) is 6.04 Å². The van der Waals surface area contributed by atoms with Crippen LogP contribution in [-0.2, 0) is 11.3 Å². The summed E-state index contributed by atoms with van der Waals surface area (Å²) in [7, 11) is 1.59. The fraction of sp³-hybridized carbons (Fsp3) is 0.308. The van der Waals surface area contributed by atoms with Crippen molar-refractivity contribution in [3.63, 3.8) is 0 Å². The quantitative estimate of drug-likeness (QED) is 0.852. The molecule has 1 atom stereocenters. The van der Waals surface area contributed by atoms with Crippen LogP contribution in [0.25, 0.3) is 0 Å². The highest BCUT2D eigenvalue weighted by molar-refractivity contribution is 6.29. The number of hydrogen-bond acceptors (Lipinski definition) is 5. The van der Waals surface area contributed by atoms with Gasteiger partial charge in [-0.15, -0.1) is 0 Å². The summed E-state index contributed by atoms with van der Waals surface area (Å²) in [5.74, 6) is 1.22. The topological polar surface area (TPSA) is 59.9 Å². The summed E-state index contributed by atoms with van der Waals surface area (Å²) in [6, 6.07) is 5.67. The van der Waals surface area contributed by atoms with Gasteiger partial charge in [-0.1, -0.05) is 17.7 Å². The minimum Gasteiger partial charge on any atom is -0.377 e. The predicted octanol–water partition coefficient (Wildman–Crippen LogP) is 2.84. The Hall–Kier alpha value is -1.72. The van der Waals surface area contributed by atoms with Gasteiger partial charge in [-0.05, 0) is 18.6 Å². The van der Waals surface area contributed by atoms with Gasteiger partial charge in [0.2, 0.25) is 0 Å². The number of aromatic nitrogens is 3. The largest absolute Gasteiger partial charge is 0.377 e. The lowest BCUT2D eigenvalue weighted by Gasteiger charge is -2.15. The van der Waals surface area contributed by atoms with Gasteiger partial charge >= 0.3 is 0 Å². The van der Waals surface area contributed by atoms with E-state index in [1.807, 2.05) is 25.3 Å². The van der Waals surface area contributed by atoms with Crippen molar-refractivity contribution < 1.29 is 4.74 Å². The van der Waals surface area contributed by atoms with Crippen LogP contribution < -0.4 is 5.32 Å². The van der Waals surface area contributed by atoms with Gasteiger partial charge in [0.1, 0.15) is 17.6 Å². The number of hydrogen-bond donors (Lipinski definition) is 1. The Morgan fingerprint density at radius 2 is 2.26 bits per heavy atom. The maximum atomic E-state index is 5.96. The van der Waals surface area contributed by atoms with E-state index in [4.69, 9.17) is 16.3 Å². The van der Waals surface area contributed by atoms with E-state index in [0.717, 1.165) is 5.56 Å². The standard InChI is InChI=1S/C13H15ClN4O/c1-9(10-4-3-5-15-7-10)16-12-6-11(14)17-13(18-12)8-19-2/h3-7,9H,8H2,1-2H3,(H,16,17,18). The molecule has 0 spiro atoms. The molecule has 0 fully saturated rings. The van der Waals surface area contributed by atoms with E-state index < -0.39 is 0 Å². The molecule has 19 heavy (non-hydrogen) atoms. The Morgan fingerprint density at radius 3 is 2.95 bits per heavy atom. The highest BCUT2D eigenvalue weighted by atomic mass is 35.5. The second kappa shape index (κ2) is 6.45. The maximum Gasteiger partial charge on any atom is 0.158 e. The number of halogens is 1. The van der Waals surface area contributed by atoms with Crippen molar-refractivity contribution in [2.24, 2.45) is 0 Å². The number of pyridine rings is 1. The molecular weight excluding hydrogens is 264 g/mol. The number of nitrogens with one attached hydrogen (secondary N) is 1. The van der Waals surface area contributed by atoms with Crippen molar-refractivity contribution >= 4 is 17.4 Å². The molecule has 0 amide bonds. The first-order valence-electron chi connectivity index (χ1n) is 5.88. The zero-order valence-corrected chi connectivity index (χ0v) is 11.6. The molecule has 0 saturated heterocycles. The van der Waals surface area contributed by atoms with Gasteiger partial charge < -0.3 is 10.1 Å². The van der Waals surface area contributed by atoms with Gasteiger partial charge in [0.15, 0.2) is 5.82 Å². The van der Waals surface area contributed by atoms with Crippen LogP contribution in [-0.4, -0.2) is 22.1 Å². The summed E-state index contributed by atoms with van der Waals surface area (Å²) in [5.41, 5.74) is 1.07. The minimum absolute atomic E-state index is 0.0788. The average molecular weight is 279 g/mol. The summed E-state index contributed by atoms with van der Waals surface area (Å²) < 4.78 is 5.01. The van der Waals surface area contributed by atoms with Crippen LogP contribution in [0.15, 0.2) is 30.6 Å². The minimum atomic E-state index is 0.0788. The molecule has 100 valence electrons. The van der Waals surface area contributed by atoms with Crippen LogP contribution >= 0.6 is 11.6 Å². The monoisotopic (exact) mass is 278 g/mol. The van der Waals surface area contributed by atoms with Gasteiger partial charge in [0.05, 0.1) is 6.04 Å². The van der Waals surface area contributed by atoms with Gasteiger partial charge in [-0.25, -0.2) is 9.97 Å². The second-order valence-electron chi connectivity index (χ2n) is 4.08. The second-order valence-corrected chi connectivity index (χ2v) is 4.46. The number of anilines is 1.